The van der Waals surface area contributed by atoms with Crippen molar-refractivity contribution in [1.29, 1.82) is 0 Å². The first kappa shape index (κ1) is 9.76. The normalized spacial score (nSPS) is 11.9. The summed E-state index contributed by atoms with van der Waals surface area (Å²) in [6.07, 6.45) is -3.79. The number of nitrogens with one attached hydrogen (secondary N) is 1. The fourth-order valence-corrected chi connectivity index (χ4v) is 1.38. The van der Waals surface area contributed by atoms with Gasteiger partial charge in [-0.25, -0.2) is 0 Å². The second-order valence-electron chi connectivity index (χ2n) is 3.15. The highest BCUT2D eigenvalue weighted by Crippen LogP contribution is 2.31. The van der Waals surface area contributed by atoms with E-state index in [1.807, 2.05) is 0 Å². The number of halogens is 3. The van der Waals surface area contributed by atoms with Gasteiger partial charge in [0.05, 0.1) is 0 Å². The van der Waals surface area contributed by atoms with E-state index in [4.69, 9.17) is 0 Å². The highest BCUT2D eigenvalue weighted by atomic mass is 19.4. The van der Waals surface area contributed by atoms with Crippen LogP contribution in [0.2, 0.25) is 0 Å². The van der Waals surface area contributed by atoms with Gasteiger partial charge in [-0.1, -0.05) is 0 Å². The average molecular weight is 213 g/mol. The van der Waals surface area contributed by atoms with Gasteiger partial charge in [0.25, 0.3) is 0 Å². The van der Waals surface area contributed by atoms with Crippen LogP contribution in [0.3, 0.4) is 0 Å². The Hall–Kier alpha value is -1.78. The summed E-state index contributed by atoms with van der Waals surface area (Å²) in [5.41, 5.74) is -0.0799. The van der Waals surface area contributed by atoms with E-state index in [9.17, 15) is 18.0 Å². The van der Waals surface area contributed by atoms with Crippen LogP contribution >= 0.6 is 0 Å². The maximum absolute atomic E-state index is 12.3. The third-order valence-electron chi connectivity index (χ3n) is 2.09. The number of benzene rings is 1. The SMILES string of the molecule is O=Cc1ccc2[nH]c(C(F)(F)F)cc2c1. The third kappa shape index (κ3) is 1.72. The summed E-state index contributed by atoms with van der Waals surface area (Å²) >= 11 is 0. The molecule has 0 saturated heterocycles. The van der Waals surface area contributed by atoms with Crippen molar-refractivity contribution in [2.24, 2.45) is 0 Å². The quantitative estimate of drug-likeness (QED) is 0.725. The lowest BCUT2D eigenvalue weighted by molar-refractivity contribution is -0.140. The number of aldehydes is 1. The van der Waals surface area contributed by atoms with E-state index in [1.165, 1.54) is 18.2 Å². The molecule has 0 aliphatic carbocycles. The smallest absolute Gasteiger partial charge is 0.351 e. The Labute approximate surface area is 82.7 Å². The fraction of sp³-hybridized carbons (Fsp3) is 0.100. The van der Waals surface area contributed by atoms with Gasteiger partial charge in [0.2, 0.25) is 0 Å². The van der Waals surface area contributed by atoms with E-state index >= 15 is 0 Å². The molecule has 2 nitrogen and oxygen atoms in total. The number of H-pyrrole nitrogens is 1. The molecule has 0 saturated carbocycles. The molecule has 0 radical (unpaired) electrons. The van der Waals surface area contributed by atoms with E-state index in [2.05, 4.69) is 4.98 Å². The minimum absolute atomic E-state index is 0.357. The Balaban J connectivity index is 2.61. The molecule has 1 aromatic heterocycles. The lowest BCUT2D eigenvalue weighted by Crippen LogP contribution is -2.04. The molecular formula is C10H6F3NO. The van der Waals surface area contributed by atoms with Gasteiger partial charge in [-0.05, 0) is 24.3 Å². The number of fused-ring (bicyclic) bond motifs is 1. The molecule has 15 heavy (non-hydrogen) atoms. The van der Waals surface area contributed by atoms with E-state index in [0.29, 0.717) is 22.8 Å². The third-order valence-corrected chi connectivity index (χ3v) is 2.09. The van der Waals surface area contributed by atoms with Crippen molar-refractivity contribution in [2.45, 2.75) is 6.18 Å². The minimum atomic E-state index is -4.39. The highest BCUT2D eigenvalue weighted by molar-refractivity contribution is 5.87. The topological polar surface area (TPSA) is 32.9 Å². The summed E-state index contributed by atoms with van der Waals surface area (Å²) < 4.78 is 36.9. The molecule has 0 spiro atoms. The van der Waals surface area contributed by atoms with Crippen LogP contribution in [0.15, 0.2) is 24.3 Å². The Kier molecular flexibility index (Phi) is 2.03. The van der Waals surface area contributed by atoms with Gasteiger partial charge in [0.1, 0.15) is 12.0 Å². The van der Waals surface area contributed by atoms with Crippen molar-refractivity contribution in [3.8, 4) is 0 Å². The predicted octanol–water partition coefficient (Wildman–Crippen LogP) is 3.00. The lowest BCUT2D eigenvalue weighted by Gasteiger charge is -2.00. The standard InChI is InChI=1S/C10H6F3NO/c11-10(12,13)9-4-7-3-6(5-15)1-2-8(7)14-9/h1-5,14H. The molecule has 0 aliphatic heterocycles. The number of hydrogen-bond acceptors (Lipinski definition) is 1. The van der Waals surface area contributed by atoms with E-state index in [-0.39, 0.29) is 0 Å². The van der Waals surface area contributed by atoms with E-state index in [1.54, 1.807) is 0 Å². The van der Waals surface area contributed by atoms with Crippen LogP contribution in [0.5, 0.6) is 0 Å². The maximum atomic E-state index is 12.3. The number of aromatic nitrogens is 1. The van der Waals surface area contributed by atoms with Crippen LogP contribution in [0.4, 0.5) is 13.2 Å². The zero-order valence-corrected chi connectivity index (χ0v) is 7.43. The van der Waals surface area contributed by atoms with Crippen LogP contribution < -0.4 is 0 Å². The summed E-state index contributed by atoms with van der Waals surface area (Å²) in [6, 6.07) is 5.32. The molecule has 1 aromatic carbocycles. The number of rotatable bonds is 1. The van der Waals surface area contributed by atoms with Gasteiger partial charge >= 0.3 is 6.18 Å². The second kappa shape index (κ2) is 3.12. The Morgan fingerprint density at radius 2 is 1.93 bits per heavy atom. The molecule has 1 N–H and O–H groups in total. The van der Waals surface area contributed by atoms with E-state index < -0.39 is 11.9 Å². The van der Waals surface area contributed by atoms with Crippen LogP contribution in [-0.4, -0.2) is 11.3 Å². The monoisotopic (exact) mass is 213 g/mol. The molecule has 0 aliphatic rings. The zero-order valence-electron chi connectivity index (χ0n) is 7.43. The largest absolute Gasteiger partial charge is 0.431 e. The molecule has 0 bridgehead atoms. The van der Waals surface area contributed by atoms with E-state index in [0.717, 1.165) is 6.07 Å². The molecule has 5 heteroatoms. The number of alkyl halides is 3. The number of carbonyl (C=O) groups is 1. The highest BCUT2D eigenvalue weighted by Gasteiger charge is 2.32. The first-order valence-corrected chi connectivity index (χ1v) is 4.16. The van der Waals surface area contributed by atoms with Crippen LogP contribution in [-0.2, 0) is 6.18 Å². The summed E-state index contributed by atoms with van der Waals surface area (Å²) in [5.74, 6) is 0. The average Bonchev–Trinajstić information content (AvgIpc) is 2.59. The van der Waals surface area contributed by atoms with Gasteiger partial charge in [-0.3, -0.25) is 4.79 Å². The van der Waals surface area contributed by atoms with Crippen LogP contribution in [0, 0.1) is 0 Å². The molecular weight excluding hydrogens is 207 g/mol. The molecule has 78 valence electrons. The fourth-order valence-electron chi connectivity index (χ4n) is 1.38. The molecule has 1 heterocycles. The number of hydrogen-bond donors (Lipinski definition) is 1. The molecule has 0 fully saturated rings. The Morgan fingerprint density at radius 3 is 2.53 bits per heavy atom. The van der Waals surface area contributed by atoms with Crippen molar-refractivity contribution in [2.75, 3.05) is 0 Å². The van der Waals surface area contributed by atoms with Crippen LogP contribution in [0.25, 0.3) is 10.9 Å². The first-order valence-electron chi connectivity index (χ1n) is 4.16. The predicted molar refractivity (Wildman–Crippen MR) is 48.7 cm³/mol. The van der Waals surface area contributed by atoms with Gasteiger partial charge in [0, 0.05) is 16.5 Å². The van der Waals surface area contributed by atoms with Gasteiger partial charge in [-0.15, -0.1) is 0 Å². The maximum Gasteiger partial charge on any atom is 0.431 e. The molecule has 2 rings (SSSR count). The summed E-state index contributed by atoms with van der Waals surface area (Å²) in [7, 11) is 0. The van der Waals surface area contributed by atoms with Gasteiger partial charge < -0.3 is 4.98 Å². The first-order chi connectivity index (χ1) is 7.00. The molecule has 0 amide bonds. The van der Waals surface area contributed by atoms with Crippen molar-refractivity contribution in [3.63, 3.8) is 0 Å². The van der Waals surface area contributed by atoms with Gasteiger partial charge in [0.15, 0.2) is 0 Å². The Bertz CT molecular complexity index is 513. The summed E-state index contributed by atoms with van der Waals surface area (Å²) in [6.45, 7) is 0. The van der Waals surface area contributed by atoms with Crippen molar-refractivity contribution >= 4 is 17.2 Å². The number of carbonyl (C=O) groups excluding carboxylic acids is 1. The lowest BCUT2D eigenvalue weighted by atomic mass is 10.2. The van der Waals surface area contributed by atoms with Crippen molar-refractivity contribution in [1.82, 2.24) is 4.98 Å². The molecule has 0 atom stereocenters. The van der Waals surface area contributed by atoms with Crippen molar-refractivity contribution in [3.05, 3.63) is 35.5 Å². The second-order valence-corrected chi connectivity index (χ2v) is 3.15. The molecule has 2 aromatic rings. The summed E-state index contributed by atoms with van der Waals surface area (Å²) in [4.78, 5) is 12.7. The minimum Gasteiger partial charge on any atom is -0.351 e. The number of aromatic amines is 1. The Morgan fingerprint density at radius 1 is 1.20 bits per heavy atom. The van der Waals surface area contributed by atoms with Gasteiger partial charge in [-0.2, -0.15) is 13.2 Å². The summed E-state index contributed by atoms with van der Waals surface area (Å²) in [5, 5.41) is 0.381. The van der Waals surface area contributed by atoms with Crippen LogP contribution in [0.1, 0.15) is 16.1 Å². The zero-order chi connectivity index (χ0) is 11.1. The van der Waals surface area contributed by atoms with Crippen molar-refractivity contribution < 1.29 is 18.0 Å². The molecule has 0 unspecified atom stereocenters.